The third kappa shape index (κ3) is 6.09. The van der Waals surface area contributed by atoms with Gasteiger partial charge in [0.05, 0.1) is 6.61 Å². The number of hydrogen-bond acceptors (Lipinski definition) is 5. The van der Waals surface area contributed by atoms with Gasteiger partial charge < -0.3 is 14.5 Å². The van der Waals surface area contributed by atoms with Crippen LogP contribution in [0.15, 0.2) is 54.6 Å². The van der Waals surface area contributed by atoms with E-state index in [0.29, 0.717) is 19.7 Å². The van der Waals surface area contributed by atoms with E-state index < -0.39 is 0 Å². The van der Waals surface area contributed by atoms with E-state index in [-0.39, 0.29) is 12.5 Å². The number of halogens is 1. The molecule has 1 aromatic heterocycles. The first-order valence-corrected chi connectivity index (χ1v) is 11.6. The standard InChI is InChI=1S/C26H29ClN4O2/c1-19-24(16-21-8-10-23(27)11-9-21)26(29-20(2)28-19)31-14-12-30(13-15-31)25(32)18-33-17-22-6-4-3-5-7-22/h3-11H,12-18H2,1-2H3. The minimum absolute atomic E-state index is 0.0296. The molecule has 4 rings (SSSR count). The fourth-order valence-electron chi connectivity index (χ4n) is 4.08. The highest BCUT2D eigenvalue weighted by molar-refractivity contribution is 6.30. The minimum Gasteiger partial charge on any atom is -0.367 e. The van der Waals surface area contributed by atoms with Gasteiger partial charge in [0.2, 0.25) is 5.91 Å². The van der Waals surface area contributed by atoms with Gasteiger partial charge in [-0.3, -0.25) is 4.79 Å². The molecule has 0 radical (unpaired) electrons. The van der Waals surface area contributed by atoms with Gasteiger partial charge in [0, 0.05) is 48.9 Å². The highest BCUT2D eigenvalue weighted by Crippen LogP contribution is 2.25. The van der Waals surface area contributed by atoms with Gasteiger partial charge in [0.1, 0.15) is 18.2 Å². The zero-order chi connectivity index (χ0) is 23.2. The SMILES string of the molecule is Cc1nc(C)c(Cc2ccc(Cl)cc2)c(N2CCN(C(=O)COCc3ccccc3)CC2)n1. The Morgan fingerprint density at radius 3 is 2.33 bits per heavy atom. The first-order chi connectivity index (χ1) is 16.0. The molecule has 1 saturated heterocycles. The Bertz CT molecular complexity index is 1080. The van der Waals surface area contributed by atoms with Gasteiger partial charge in [0.15, 0.2) is 0 Å². The van der Waals surface area contributed by atoms with E-state index in [1.54, 1.807) is 0 Å². The van der Waals surface area contributed by atoms with E-state index in [1.165, 1.54) is 5.56 Å². The van der Waals surface area contributed by atoms with Crippen molar-refractivity contribution in [3.05, 3.63) is 87.8 Å². The van der Waals surface area contributed by atoms with E-state index in [2.05, 4.69) is 9.88 Å². The van der Waals surface area contributed by atoms with Crippen LogP contribution in [0, 0.1) is 13.8 Å². The second kappa shape index (κ2) is 10.8. The lowest BCUT2D eigenvalue weighted by Gasteiger charge is -2.36. The Morgan fingerprint density at radius 2 is 1.64 bits per heavy atom. The number of carbonyl (C=O) groups excluding carboxylic acids is 1. The van der Waals surface area contributed by atoms with Gasteiger partial charge in [-0.05, 0) is 37.1 Å². The molecule has 1 aliphatic rings. The Balaban J connectivity index is 1.37. The lowest BCUT2D eigenvalue weighted by Crippen LogP contribution is -2.50. The molecule has 33 heavy (non-hydrogen) atoms. The highest BCUT2D eigenvalue weighted by atomic mass is 35.5. The molecule has 0 unspecified atom stereocenters. The number of aryl methyl sites for hydroxylation is 2. The lowest BCUT2D eigenvalue weighted by atomic mass is 10.0. The molecular formula is C26H29ClN4O2. The molecule has 1 amide bonds. The first-order valence-electron chi connectivity index (χ1n) is 11.2. The molecule has 0 spiro atoms. The van der Waals surface area contributed by atoms with Crippen molar-refractivity contribution in [3.8, 4) is 0 Å². The van der Waals surface area contributed by atoms with Crippen molar-refractivity contribution < 1.29 is 9.53 Å². The van der Waals surface area contributed by atoms with Gasteiger partial charge in [-0.25, -0.2) is 9.97 Å². The molecular weight excluding hydrogens is 436 g/mol. The molecule has 0 aliphatic carbocycles. The van der Waals surface area contributed by atoms with E-state index in [9.17, 15) is 4.79 Å². The molecule has 7 heteroatoms. The van der Waals surface area contributed by atoms with Crippen LogP contribution in [-0.2, 0) is 22.6 Å². The van der Waals surface area contributed by atoms with Crippen LogP contribution in [0.1, 0.15) is 28.2 Å². The molecule has 172 valence electrons. The molecule has 2 aromatic carbocycles. The molecule has 0 atom stereocenters. The van der Waals surface area contributed by atoms with Crippen molar-refractivity contribution in [2.45, 2.75) is 26.9 Å². The van der Waals surface area contributed by atoms with Crippen LogP contribution >= 0.6 is 11.6 Å². The molecule has 0 bridgehead atoms. The number of amides is 1. The Morgan fingerprint density at radius 1 is 0.939 bits per heavy atom. The Hall–Kier alpha value is -2.96. The van der Waals surface area contributed by atoms with Crippen molar-refractivity contribution >= 4 is 23.3 Å². The summed E-state index contributed by atoms with van der Waals surface area (Å²) in [5, 5.41) is 0.726. The number of hydrogen-bond donors (Lipinski definition) is 0. The zero-order valence-corrected chi connectivity index (χ0v) is 19.9. The maximum absolute atomic E-state index is 12.6. The van der Waals surface area contributed by atoms with Crippen molar-refractivity contribution in [2.24, 2.45) is 0 Å². The van der Waals surface area contributed by atoms with Crippen LogP contribution in [0.4, 0.5) is 5.82 Å². The molecule has 6 nitrogen and oxygen atoms in total. The summed E-state index contributed by atoms with van der Waals surface area (Å²) in [5.74, 6) is 1.75. The molecule has 1 aliphatic heterocycles. The predicted molar refractivity (Wildman–Crippen MR) is 131 cm³/mol. The maximum atomic E-state index is 12.6. The normalized spacial score (nSPS) is 13.9. The van der Waals surface area contributed by atoms with Crippen LogP contribution in [0.25, 0.3) is 0 Å². The van der Waals surface area contributed by atoms with E-state index >= 15 is 0 Å². The second-order valence-corrected chi connectivity index (χ2v) is 8.74. The van der Waals surface area contributed by atoms with Crippen molar-refractivity contribution in [1.29, 1.82) is 0 Å². The summed E-state index contributed by atoms with van der Waals surface area (Å²) in [6.07, 6.45) is 0.741. The van der Waals surface area contributed by atoms with Crippen LogP contribution in [0.3, 0.4) is 0 Å². The Kier molecular flexibility index (Phi) is 7.57. The summed E-state index contributed by atoms with van der Waals surface area (Å²) in [6, 6.07) is 17.8. The molecule has 0 saturated carbocycles. The third-order valence-corrected chi connectivity index (χ3v) is 6.12. The second-order valence-electron chi connectivity index (χ2n) is 8.31. The third-order valence-electron chi connectivity index (χ3n) is 5.87. The van der Waals surface area contributed by atoms with Crippen molar-refractivity contribution in [3.63, 3.8) is 0 Å². The summed E-state index contributed by atoms with van der Waals surface area (Å²) in [4.78, 5) is 26.1. The van der Waals surface area contributed by atoms with Crippen LogP contribution in [-0.4, -0.2) is 53.6 Å². The number of aromatic nitrogens is 2. The highest BCUT2D eigenvalue weighted by Gasteiger charge is 2.24. The number of rotatable bonds is 7. The summed E-state index contributed by atoms with van der Waals surface area (Å²) in [5.41, 5.74) is 4.34. The molecule has 0 N–H and O–H groups in total. The van der Waals surface area contributed by atoms with Gasteiger partial charge in [-0.15, -0.1) is 0 Å². The van der Waals surface area contributed by atoms with Crippen LogP contribution < -0.4 is 4.90 Å². The average molecular weight is 465 g/mol. The summed E-state index contributed by atoms with van der Waals surface area (Å²) in [6.45, 7) is 7.26. The Labute approximate surface area is 200 Å². The largest absolute Gasteiger partial charge is 0.367 e. The van der Waals surface area contributed by atoms with Crippen LogP contribution in [0.2, 0.25) is 5.02 Å². The van der Waals surface area contributed by atoms with E-state index in [1.807, 2.05) is 73.3 Å². The summed E-state index contributed by atoms with van der Waals surface area (Å²) < 4.78 is 5.64. The van der Waals surface area contributed by atoms with E-state index in [0.717, 1.165) is 53.0 Å². The maximum Gasteiger partial charge on any atom is 0.248 e. The average Bonchev–Trinajstić information content (AvgIpc) is 2.82. The van der Waals surface area contributed by atoms with E-state index in [4.69, 9.17) is 21.3 Å². The smallest absolute Gasteiger partial charge is 0.248 e. The number of ether oxygens (including phenoxy) is 1. The zero-order valence-electron chi connectivity index (χ0n) is 19.1. The summed E-state index contributed by atoms with van der Waals surface area (Å²) in [7, 11) is 0. The molecule has 3 aromatic rings. The van der Waals surface area contributed by atoms with Gasteiger partial charge in [-0.1, -0.05) is 54.1 Å². The van der Waals surface area contributed by atoms with Crippen LogP contribution in [0.5, 0.6) is 0 Å². The number of anilines is 1. The van der Waals surface area contributed by atoms with Crippen molar-refractivity contribution in [1.82, 2.24) is 14.9 Å². The topological polar surface area (TPSA) is 58.6 Å². The number of carbonyl (C=O) groups is 1. The van der Waals surface area contributed by atoms with Crippen molar-refractivity contribution in [2.75, 3.05) is 37.7 Å². The summed E-state index contributed by atoms with van der Waals surface area (Å²) >= 11 is 6.05. The fraction of sp³-hybridized carbons (Fsp3) is 0.346. The fourth-order valence-corrected chi connectivity index (χ4v) is 4.21. The predicted octanol–water partition coefficient (Wildman–Crippen LogP) is 4.20. The number of piperazine rings is 1. The monoisotopic (exact) mass is 464 g/mol. The molecule has 1 fully saturated rings. The van der Waals surface area contributed by atoms with Gasteiger partial charge >= 0.3 is 0 Å². The lowest BCUT2D eigenvalue weighted by molar-refractivity contribution is -0.136. The van der Waals surface area contributed by atoms with Gasteiger partial charge in [0.25, 0.3) is 0 Å². The number of benzene rings is 2. The minimum atomic E-state index is 0.0296. The molecule has 2 heterocycles. The van der Waals surface area contributed by atoms with Gasteiger partial charge in [-0.2, -0.15) is 0 Å². The quantitative estimate of drug-likeness (QED) is 0.524. The number of nitrogens with zero attached hydrogens (tertiary/aromatic N) is 4. The first kappa shape index (κ1) is 23.2.